The normalized spacial score (nSPS) is 15.3. The predicted molar refractivity (Wildman–Crippen MR) is 41.3 cm³/mol. The molecule has 4 nitrogen and oxygen atoms in total. The van der Waals surface area contributed by atoms with Gasteiger partial charge in [0.1, 0.15) is 0 Å². The molecule has 1 amide bonds. The van der Waals surface area contributed by atoms with Gasteiger partial charge in [0, 0.05) is 6.54 Å². The summed E-state index contributed by atoms with van der Waals surface area (Å²) in [4.78, 5) is 10.5. The molecule has 0 heterocycles. The predicted octanol–water partition coefficient (Wildman–Crippen LogP) is 0.359. The second kappa shape index (κ2) is 4.96. The lowest BCUT2D eigenvalue weighted by atomic mass is 10.1. The van der Waals surface area contributed by atoms with Crippen molar-refractivity contribution in [2.24, 2.45) is 5.92 Å². The Labute approximate surface area is 66.5 Å². The maximum absolute atomic E-state index is 10.5. The third kappa shape index (κ3) is 4.61. The van der Waals surface area contributed by atoms with Gasteiger partial charge in [-0.3, -0.25) is 0 Å². The number of methoxy groups -OCH3 is 1. The van der Waals surface area contributed by atoms with Crippen LogP contribution in [0.5, 0.6) is 0 Å². The van der Waals surface area contributed by atoms with E-state index >= 15 is 0 Å². The van der Waals surface area contributed by atoms with Crippen LogP contribution in [0.15, 0.2) is 0 Å². The fourth-order valence-corrected chi connectivity index (χ4v) is 0.487. The van der Waals surface area contributed by atoms with Crippen LogP contribution in [0.2, 0.25) is 0 Å². The van der Waals surface area contributed by atoms with Crippen molar-refractivity contribution in [1.29, 1.82) is 0 Å². The number of ether oxygens (including phenoxy) is 1. The van der Waals surface area contributed by atoms with Crippen molar-refractivity contribution in [2.75, 3.05) is 13.7 Å². The number of nitrogens with one attached hydrogen (secondary N) is 1. The van der Waals surface area contributed by atoms with Gasteiger partial charge in [0.15, 0.2) is 0 Å². The highest BCUT2D eigenvalue weighted by molar-refractivity contribution is 5.66. The van der Waals surface area contributed by atoms with Crippen LogP contribution in [0.1, 0.15) is 13.8 Å². The Balaban J connectivity index is 3.45. The maximum atomic E-state index is 10.5. The SMILES string of the molecule is COC(=O)NCC(C)C(C)O. The molecule has 0 radical (unpaired) electrons. The molecular weight excluding hydrogens is 146 g/mol. The Hall–Kier alpha value is -0.770. The van der Waals surface area contributed by atoms with E-state index in [9.17, 15) is 4.79 Å². The molecule has 2 atom stereocenters. The number of amides is 1. The quantitative estimate of drug-likeness (QED) is 0.628. The number of alkyl carbamates (subject to hydrolysis) is 1. The Morgan fingerprint density at radius 3 is 2.55 bits per heavy atom. The van der Waals surface area contributed by atoms with Crippen molar-refractivity contribution in [3.63, 3.8) is 0 Å². The molecule has 0 fully saturated rings. The molecule has 0 rings (SSSR count). The van der Waals surface area contributed by atoms with Crippen molar-refractivity contribution in [3.05, 3.63) is 0 Å². The van der Waals surface area contributed by atoms with E-state index in [1.165, 1.54) is 7.11 Å². The third-order valence-corrected chi connectivity index (χ3v) is 1.58. The highest BCUT2D eigenvalue weighted by atomic mass is 16.5. The Kier molecular flexibility index (Phi) is 4.61. The van der Waals surface area contributed by atoms with Gasteiger partial charge in [-0.2, -0.15) is 0 Å². The number of carbonyl (C=O) groups is 1. The summed E-state index contributed by atoms with van der Waals surface area (Å²) in [5.41, 5.74) is 0. The van der Waals surface area contributed by atoms with E-state index in [4.69, 9.17) is 5.11 Å². The van der Waals surface area contributed by atoms with Crippen molar-refractivity contribution in [2.45, 2.75) is 20.0 Å². The van der Waals surface area contributed by atoms with Crippen molar-refractivity contribution in [1.82, 2.24) is 5.32 Å². The van der Waals surface area contributed by atoms with E-state index in [0.29, 0.717) is 6.54 Å². The summed E-state index contributed by atoms with van der Waals surface area (Å²) >= 11 is 0. The molecular formula is C7H15NO3. The summed E-state index contributed by atoms with van der Waals surface area (Å²) in [7, 11) is 1.31. The molecule has 0 spiro atoms. The zero-order valence-electron chi connectivity index (χ0n) is 7.13. The van der Waals surface area contributed by atoms with Crippen LogP contribution in [-0.2, 0) is 4.74 Å². The second-order valence-electron chi connectivity index (χ2n) is 2.59. The Bertz CT molecular complexity index is 125. The first-order chi connectivity index (χ1) is 5.07. The lowest BCUT2D eigenvalue weighted by molar-refractivity contribution is 0.128. The average Bonchev–Trinajstić information content (AvgIpc) is 1.99. The molecule has 4 heteroatoms. The van der Waals surface area contributed by atoms with Gasteiger partial charge in [-0.15, -0.1) is 0 Å². The minimum Gasteiger partial charge on any atom is -0.453 e. The molecule has 0 aromatic carbocycles. The van der Waals surface area contributed by atoms with Gasteiger partial charge in [-0.25, -0.2) is 4.79 Å². The minimum atomic E-state index is -0.461. The molecule has 0 aliphatic rings. The molecule has 0 aliphatic heterocycles. The van der Waals surface area contributed by atoms with E-state index < -0.39 is 12.2 Å². The first-order valence-corrected chi connectivity index (χ1v) is 3.57. The van der Waals surface area contributed by atoms with E-state index in [-0.39, 0.29) is 5.92 Å². The average molecular weight is 161 g/mol. The fourth-order valence-electron chi connectivity index (χ4n) is 0.487. The second-order valence-corrected chi connectivity index (χ2v) is 2.59. The first-order valence-electron chi connectivity index (χ1n) is 3.57. The molecule has 0 aliphatic carbocycles. The monoisotopic (exact) mass is 161 g/mol. The number of rotatable bonds is 3. The van der Waals surface area contributed by atoms with E-state index in [0.717, 1.165) is 0 Å². The van der Waals surface area contributed by atoms with Gasteiger partial charge in [-0.1, -0.05) is 6.92 Å². The van der Waals surface area contributed by atoms with Crippen LogP contribution in [0.4, 0.5) is 4.79 Å². The Morgan fingerprint density at radius 2 is 2.18 bits per heavy atom. The molecule has 0 aromatic heterocycles. The van der Waals surface area contributed by atoms with Gasteiger partial charge < -0.3 is 15.2 Å². The summed E-state index contributed by atoms with van der Waals surface area (Å²) in [6, 6.07) is 0. The largest absolute Gasteiger partial charge is 0.453 e. The highest BCUT2D eigenvalue weighted by Gasteiger charge is 2.09. The standard InChI is InChI=1S/C7H15NO3/c1-5(6(2)9)4-8-7(10)11-3/h5-6,9H,4H2,1-3H3,(H,8,10). The van der Waals surface area contributed by atoms with Gasteiger partial charge in [0.25, 0.3) is 0 Å². The van der Waals surface area contributed by atoms with Crippen LogP contribution in [0, 0.1) is 5.92 Å². The molecule has 0 bridgehead atoms. The number of aliphatic hydroxyl groups is 1. The molecule has 11 heavy (non-hydrogen) atoms. The van der Waals surface area contributed by atoms with Crippen LogP contribution >= 0.6 is 0 Å². The topological polar surface area (TPSA) is 58.6 Å². The zero-order valence-corrected chi connectivity index (χ0v) is 7.13. The molecule has 2 N–H and O–H groups in total. The highest BCUT2D eigenvalue weighted by Crippen LogP contribution is 1.98. The summed E-state index contributed by atoms with van der Waals surface area (Å²) in [5.74, 6) is 0.0501. The number of hydrogen-bond acceptors (Lipinski definition) is 3. The molecule has 2 unspecified atom stereocenters. The van der Waals surface area contributed by atoms with E-state index in [2.05, 4.69) is 10.1 Å². The smallest absolute Gasteiger partial charge is 0.406 e. The number of hydrogen-bond donors (Lipinski definition) is 2. The molecule has 0 saturated carbocycles. The van der Waals surface area contributed by atoms with Crippen molar-refractivity contribution < 1.29 is 14.6 Å². The Morgan fingerprint density at radius 1 is 1.64 bits per heavy atom. The minimum absolute atomic E-state index is 0.0501. The van der Waals surface area contributed by atoms with Crippen LogP contribution in [0.3, 0.4) is 0 Å². The van der Waals surface area contributed by atoms with Gasteiger partial charge in [0.05, 0.1) is 13.2 Å². The summed E-state index contributed by atoms with van der Waals surface area (Å²) in [6.07, 6.45) is -0.871. The number of carbonyl (C=O) groups excluding carboxylic acids is 1. The maximum Gasteiger partial charge on any atom is 0.406 e. The fraction of sp³-hybridized carbons (Fsp3) is 0.857. The lowest BCUT2D eigenvalue weighted by Gasteiger charge is -2.14. The third-order valence-electron chi connectivity index (χ3n) is 1.58. The van der Waals surface area contributed by atoms with E-state index in [1.54, 1.807) is 6.92 Å². The van der Waals surface area contributed by atoms with Crippen molar-refractivity contribution in [3.8, 4) is 0 Å². The summed E-state index contributed by atoms with van der Waals surface area (Å²) in [6.45, 7) is 3.97. The summed E-state index contributed by atoms with van der Waals surface area (Å²) in [5, 5.41) is 11.5. The summed E-state index contributed by atoms with van der Waals surface area (Å²) < 4.78 is 4.35. The molecule has 0 saturated heterocycles. The zero-order chi connectivity index (χ0) is 8.85. The van der Waals surface area contributed by atoms with Crippen LogP contribution in [-0.4, -0.2) is 31.0 Å². The lowest BCUT2D eigenvalue weighted by Crippen LogP contribution is -2.32. The molecule has 66 valence electrons. The van der Waals surface area contributed by atoms with Gasteiger partial charge >= 0.3 is 6.09 Å². The first kappa shape index (κ1) is 10.2. The van der Waals surface area contributed by atoms with Crippen LogP contribution < -0.4 is 5.32 Å². The molecule has 0 aromatic rings. The van der Waals surface area contributed by atoms with E-state index in [1.807, 2.05) is 6.92 Å². The number of aliphatic hydroxyl groups excluding tert-OH is 1. The van der Waals surface area contributed by atoms with Crippen LogP contribution in [0.25, 0.3) is 0 Å². The van der Waals surface area contributed by atoms with Gasteiger partial charge in [-0.05, 0) is 12.8 Å². The van der Waals surface area contributed by atoms with Crippen molar-refractivity contribution >= 4 is 6.09 Å². The van der Waals surface area contributed by atoms with Gasteiger partial charge in [0.2, 0.25) is 0 Å².